The second-order valence-corrected chi connectivity index (χ2v) is 2.58. The van der Waals surface area contributed by atoms with Crippen molar-refractivity contribution in [2.24, 2.45) is 5.73 Å². The van der Waals surface area contributed by atoms with E-state index in [1.165, 1.54) is 18.2 Å². The molecule has 2 nitrogen and oxygen atoms in total. The van der Waals surface area contributed by atoms with Crippen LogP contribution >= 0.6 is 12.2 Å². The molecule has 0 aliphatic rings. The third-order valence-electron chi connectivity index (χ3n) is 1.38. The van der Waals surface area contributed by atoms with Crippen molar-refractivity contribution in [3.05, 3.63) is 35.1 Å². The maximum atomic E-state index is 13.0. The molecule has 0 saturated heterocycles. The predicted molar refractivity (Wildman–Crippen MR) is 47.0 cm³/mol. The minimum Gasteiger partial charge on any atom is -0.389 e. The van der Waals surface area contributed by atoms with Crippen LogP contribution in [0.25, 0.3) is 0 Å². The maximum absolute atomic E-state index is 13.0. The van der Waals surface area contributed by atoms with Crippen LogP contribution in [0.2, 0.25) is 0 Å². The summed E-state index contributed by atoms with van der Waals surface area (Å²) in [6.07, 6.45) is 0. The first-order valence-electron chi connectivity index (χ1n) is 3.15. The molecule has 12 heavy (non-hydrogen) atoms. The number of halogens is 1. The molecule has 0 aliphatic carbocycles. The highest BCUT2D eigenvalue weighted by atomic mass is 32.1. The van der Waals surface area contributed by atoms with Gasteiger partial charge in [-0.15, -0.1) is 0 Å². The lowest BCUT2D eigenvalue weighted by Gasteiger charge is -2.01. The zero-order chi connectivity index (χ0) is 9.14. The molecule has 0 heterocycles. The summed E-state index contributed by atoms with van der Waals surface area (Å²) in [5, 5.41) is 8.56. The van der Waals surface area contributed by atoms with Crippen molar-refractivity contribution in [1.82, 2.24) is 0 Å². The molecule has 2 N–H and O–H groups in total. The molecule has 0 bridgehead atoms. The van der Waals surface area contributed by atoms with E-state index >= 15 is 0 Å². The van der Waals surface area contributed by atoms with Crippen LogP contribution in [0.5, 0.6) is 0 Å². The number of rotatable bonds is 1. The molecule has 0 radical (unpaired) electrons. The Bertz CT molecular complexity index is 368. The molecule has 0 aliphatic heterocycles. The van der Waals surface area contributed by atoms with Crippen LogP contribution < -0.4 is 5.73 Å². The molecule has 0 aromatic heterocycles. The van der Waals surface area contributed by atoms with Crippen molar-refractivity contribution in [2.45, 2.75) is 0 Å². The number of benzene rings is 1. The number of nitrogens with zero attached hydrogens (tertiary/aromatic N) is 1. The Hall–Kier alpha value is -1.47. The van der Waals surface area contributed by atoms with Gasteiger partial charge in [0.1, 0.15) is 10.8 Å². The van der Waals surface area contributed by atoms with Gasteiger partial charge >= 0.3 is 0 Å². The van der Waals surface area contributed by atoms with Crippen molar-refractivity contribution in [3.8, 4) is 6.07 Å². The first-order chi connectivity index (χ1) is 5.66. The second kappa shape index (κ2) is 3.28. The Kier molecular flexibility index (Phi) is 2.36. The highest BCUT2D eigenvalue weighted by Gasteiger charge is 2.09. The Labute approximate surface area is 74.4 Å². The lowest BCUT2D eigenvalue weighted by molar-refractivity contribution is 0.625. The quantitative estimate of drug-likeness (QED) is 0.663. The third-order valence-corrected chi connectivity index (χ3v) is 1.58. The summed E-state index contributed by atoms with van der Waals surface area (Å²) in [5.41, 5.74) is 5.42. The molecule has 0 atom stereocenters. The highest BCUT2D eigenvalue weighted by molar-refractivity contribution is 7.80. The van der Waals surface area contributed by atoms with Crippen molar-refractivity contribution < 1.29 is 4.39 Å². The van der Waals surface area contributed by atoms with Gasteiger partial charge in [0, 0.05) is 0 Å². The van der Waals surface area contributed by atoms with Gasteiger partial charge in [-0.05, 0) is 12.1 Å². The van der Waals surface area contributed by atoms with Crippen molar-refractivity contribution in [3.63, 3.8) is 0 Å². The van der Waals surface area contributed by atoms with E-state index in [1.807, 2.05) is 6.07 Å². The second-order valence-electron chi connectivity index (χ2n) is 2.14. The molecule has 1 aromatic carbocycles. The molecule has 1 aromatic rings. The van der Waals surface area contributed by atoms with Crippen LogP contribution in [0.1, 0.15) is 11.1 Å². The Morgan fingerprint density at radius 2 is 2.25 bits per heavy atom. The molecule has 0 fully saturated rings. The fourth-order valence-electron chi connectivity index (χ4n) is 0.868. The minimum absolute atomic E-state index is 0.0231. The topological polar surface area (TPSA) is 49.8 Å². The monoisotopic (exact) mass is 180 g/mol. The van der Waals surface area contributed by atoms with Gasteiger partial charge in [-0.3, -0.25) is 0 Å². The largest absolute Gasteiger partial charge is 0.389 e. The zero-order valence-electron chi connectivity index (χ0n) is 6.04. The fraction of sp³-hybridized carbons (Fsp3) is 0. The smallest absolute Gasteiger partial charge is 0.134 e. The van der Waals surface area contributed by atoms with E-state index in [-0.39, 0.29) is 16.1 Å². The number of hydrogen-bond acceptors (Lipinski definition) is 2. The maximum Gasteiger partial charge on any atom is 0.134 e. The van der Waals surface area contributed by atoms with E-state index in [2.05, 4.69) is 12.2 Å². The van der Waals surface area contributed by atoms with Gasteiger partial charge in [0.15, 0.2) is 0 Å². The van der Waals surface area contributed by atoms with E-state index in [0.29, 0.717) is 0 Å². The van der Waals surface area contributed by atoms with E-state index < -0.39 is 5.82 Å². The molecule has 0 spiro atoms. The lowest BCUT2D eigenvalue weighted by Crippen LogP contribution is -2.13. The summed E-state index contributed by atoms with van der Waals surface area (Å²) in [6.45, 7) is 0. The van der Waals surface area contributed by atoms with Crippen LogP contribution in [-0.2, 0) is 0 Å². The molecule has 0 saturated carbocycles. The molecular formula is C8H5FN2S. The van der Waals surface area contributed by atoms with Gasteiger partial charge in [0.05, 0.1) is 17.2 Å². The van der Waals surface area contributed by atoms with Crippen LogP contribution in [0.4, 0.5) is 4.39 Å². The summed E-state index contributed by atoms with van der Waals surface area (Å²) in [7, 11) is 0. The highest BCUT2D eigenvalue weighted by Crippen LogP contribution is 2.11. The lowest BCUT2D eigenvalue weighted by atomic mass is 10.1. The summed E-state index contributed by atoms with van der Waals surface area (Å²) in [6, 6.07) is 5.94. The van der Waals surface area contributed by atoms with Crippen LogP contribution in [0.15, 0.2) is 18.2 Å². The van der Waals surface area contributed by atoms with Crippen molar-refractivity contribution in [1.29, 1.82) is 5.26 Å². The predicted octanol–water partition coefficient (Wildman–Crippen LogP) is 1.33. The number of hydrogen-bond donors (Lipinski definition) is 1. The summed E-state index contributed by atoms with van der Waals surface area (Å²) in [4.78, 5) is -0.0929. The van der Waals surface area contributed by atoms with Gasteiger partial charge < -0.3 is 5.73 Å². The zero-order valence-corrected chi connectivity index (χ0v) is 6.86. The van der Waals surface area contributed by atoms with Gasteiger partial charge in [-0.1, -0.05) is 18.3 Å². The summed E-state index contributed by atoms with van der Waals surface area (Å²) >= 11 is 4.59. The first-order valence-corrected chi connectivity index (χ1v) is 3.56. The minimum atomic E-state index is -0.554. The Morgan fingerprint density at radius 1 is 1.58 bits per heavy atom. The first kappa shape index (κ1) is 8.62. The molecule has 60 valence electrons. The summed E-state index contributed by atoms with van der Waals surface area (Å²) in [5.74, 6) is -0.554. The van der Waals surface area contributed by atoms with Crippen LogP contribution in [0.3, 0.4) is 0 Å². The molecule has 0 unspecified atom stereocenters. The van der Waals surface area contributed by atoms with Gasteiger partial charge in [0.25, 0.3) is 0 Å². The summed E-state index contributed by atoms with van der Waals surface area (Å²) < 4.78 is 13.0. The van der Waals surface area contributed by atoms with E-state index in [9.17, 15) is 4.39 Å². The van der Waals surface area contributed by atoms with Crippen molar-refractivity contribution >= 4 is 17.2 Å². The van der Waals surface area contributed by atoms with E-state index in [1.54, 1.807) is 0 Å². The average Bonchev–Trinajstić information content (AvgIpc) is 2.03. The Balaban J connectivity index is 3.42. The molecular weight excluding hydrogens is 175 g/mol. The SMILES string of the molecule is N#Cc1cccc(F)c1C(N)=S. The molecule has 0 amide bonds. The number of nitriles is 1. The standard InChI is InChI=1S/C8H5FN2S/c9-6-3-1-2-5(4-10)7(6)8(11)12/h1-3H,(H2,11,12). The molecule has 1 rings (SSSR count). The van der Waals surface area contributed by atoms with Crippen LogP contribution in [0, 0.1) is 17.1 Å². The fourth-order valence-corrected chi connectivity index (χ4v) is 1.08. The third kappa shape index (κ3) is 1.41. The van der Waals surface area contributed by atoms with Crippen LogP contribution in [-0.4, -0.2) is 4.99 Å². The van der Waals surface area contributed by atoms with Gasteiger partial charge in [0.2, 0.25) is 0 Å². The van der Waals surface area contributed by atoms with Crippen molar-refractivity contribution in [2.75, 3.05) is 0 Å². The molecule has 4 heteroatoms. The van der Waals surface area contributed by atoms with Gasteiger partial charge in [-0.25, -0.2) is 4.39 Å². The van der Waals surface area contributed by atoms with E-state index in [4.69, 9.17) is 11.0 Å². The normalized spacial score (nSPS) is 9.00. The Morgan fingerprint density at radius 3 is 2.67 bits per heavy atom. The average molecular weight is 180 g/mol. The number of nitrogens with two attached hydrogens (primary N) is 1. The number of thiocarbonyl (C=S) groups is 1. The van der Waals surface area contributed by atoms with E-state index in [0.717, 1.165) is 0 Å². The van der Waals surface area contributed by atoms with Gasteiger partial charge in [-0.2, -0.15) is 5.26 Å².